The van der Waals surface area contributed by atoms with E-state index < -0.39 is 17.6 Å². The standard InChI is InChI=1S/C42H90NO3Si.C30H66NO3Si.2ClH/c1-7-12-17-19-21-23-25-27-29-31-33-36-43(6,37-34-32-30-28-26-24-22-20-18-13-8-2)38-35-42-47(44-39-14-9-3,45-40-15-10-4)46-41-16-11-5;1-7-11-15-16-17-18-19-20-21-22-23-25-31(5,6)26-24-30-35(32-27-12-8-2,33-28-13-9-3)34-29-14-10-4;;/h7-42H2,1-6H3;7-30H2,1-6H3;2*1H/q2*+1;;/p-2. The van der Waals surface area contributed by atoms with Crippen LogP contribution >= 0.6 is 0 Å². The van der Waals surface area contributed by atoms with E-state index in [4.69, 9.17) is 26.6 Å². The minimum atomic E-state index is -2.65. The zero-order valence-corrected chi connectivity index (χ0v) is 63.0. The third kappa shape index (κ3) is 61.5. The molecule has 0 aliphatic heterocycles. The van der Waals surface area contributed by atoms with E-state index in [0.29, 0.717) is 0 Å². The molecule has 0 spiro atoms. The van der Waals surface area contributed by atoms with Crippen molar-refractivity contribution in [2.45, 2.75) is 376 Å². The van der Waals surface area contributed by atoms with Gasteiger partial charge in [0.25, 0.3) is 0 Å². The van der Waals surface area contributed by atoms with Gasteiger partial charge in [-0.3, -0.25) is 0 Å². The summed E-state index contributed by atoms with van der Waals surface area (Å²) in [6.07, 6.45) is 62.5. The smallest absolute Gasteiger partial charge is 0.501 e. The van der Waals surface area contributed by atoms with Crippen molar-refractivity contribution in [2.75, 3.05) is 93.5 Å². The van der Waals surface area contributed by atoms with E-state index in [9.17, 15) is 0 Å². The van der Waals surface area contributed by atoms with E-state index in [1.807, 2.05) is 0 Å². The largest absolute Gasteiger partial charge is 1.00 e. The summed E-state index contributed by atoms with van der Waals surface area (Å²) in [6.45, 7) is 31.3. The van der Waals surface area contributed by atoms with Crippen LogP contribution in [0, 0.1) is 0 Å². The summed E-state index contributed by atoms with van der Waals surface area (Å²) < 4.78 is 41.5. The molecule has 0 atom stereocenters. The number of unbranched alkanes of at least 4 members (excludes halogenated alkanes) is 36. The molecule has 12 heteroatoms. The van der Waals surface area contributed by atoms with E-state index in [-0.39, 0.29) is 24.8 Å². The quantitative estimate of drug-likeness (QED) is 0.0344. The lowest BCUT2D eigenvalue weighted by atomic mass is 10.0. The maximum absolute atomic E-state index is 6.61. The highest BCUT2D eigenvalue weighted by Gasteiger charge is 2.42. The maximum Gasteiger partial charge on any atom is 0.501 e. The van der Waals surface area contributed by atoms with Gasteiger partial charge in [0.1, 0.15) is 0 Å². The number of halogens is 2. The number of rotatable bonds is 68. The van der Waals surface area contributed by atoms with Crippen molar-refractivity contribution in [1.82, 2.24) is 0 Å². The highest BCUT2D eigenvalue weighted by Crippen LogP contribution is 2.25. The van der Waals surface area contributed by atoms with Gasteiger partial charge in [-0.15, -0.1) is 0 Å². The Hall–Kier alpha value is 0.694. The maximum atomic E-state index is 6.61. The Morgan fingerprint density at radius 3 is 0.595 bits per heavy atom. The monoisotopic (exact) mass is 1270 g/mol. The molecular weight excluding hydrogens is 1120 g/mol. The second kappa shape index (κ2) is 69.6. The molecule has 8 nitrogen and oxygen atoms in total. The molecule has 0 unspecified atom stereocenters. The van der Waals surface area contributed by atoms with Crippen LogP contribution in [0.4, 0.5) is 0 Å². The van der Waals surface area contributed by atoms with Gasteiger partial charge in [0.05, 0.1) is 53.9 Å². The van der Waals surface area contributed by atoms with Gasteiger partial charge in [0, 0.05) is 64.6 Å². The molecule has 0 aromatic carbocycles. The van der Waals surface area contributed by atoms with Crippen LogP contribution in [0.3, 0.4) is 0 Å². The third-order valence-corrected chi connectivity index (χ3v) is 23.1. The Labute approximate surface area is 544 Å². The van der Waals surface area contributed by atoms with Crippen molar-refractivity contribution in [3.63, 3.8) is 0 Å². The molecule has 0 fully saturated rings. The van der Waals surface area contributed by atoms with Crippen LogP contribution < -0.4 is 24.8 Å². The van der Waals surface area contributed by atoms with E-state index in [1.54, 1.807) is 0 Å². The first-order chi connectivity index (χ1) is 40.0. The first-order valence-electron chi connectivity index (χ1n) is 37.5. The van der Waals surface area contributed by atoms with Crippen LogP contribution in [-0.2, 0) is 26.6 Å². The van der Waals surface area contributed by atoms with Crippen molar-refractivity contribution < 1.29 is 60.3 Å². The van der Waals surface area contributed by atoms with Crippen molar-refractivity contribution in [1.29, 1.82) is 0 Å². The van der Waals surface area contributed by atoms with Crippen LogP contribution in [0.15, 0.2) is 0 Å². The fraction of sp³-hybridized carbons (Fsp3) is 1.00. The number of quaternary nitrogens is 2. The fourth-order valence-corrected chi connectivity index (χ4v) is 16.6. The van der Waals surface area contributed by atoms with Gasteiger partial charge in [0.15, 0.2) is 0 Å². The zero-order valence-electron chi connectivity index (χ0n) is 59.5. The summed E-state index contributed by atoms with van der Waals surface area (Å²) in [6, 6.07) is 1.94. The molecule has 0 rings (SSSR count). The number of hydrogen-bond donors (Lipinski definition) is 0. The zero-order chi connectivity index (χ0) is 60.7. The molecule has 0 radical (unpaired) electrons. The average Bonchev–Trinajstić information content (AvgIpc) is 3.49. The summed E-state index contributed by atoms with van der Waals surface area (Å²) in [7, 11) is 2.11. The summed E-state index contributed by atoms with van der Waals surface area (Å²) in [5, 5.41) is 0. The van der Waals surface area contributed by atoms with Crippen molar-refractivity contribution in [3.8, 4) is 0 Å². The molecule has 84 heavy (non-hydrogen) atoms. The van der Waals surface area contributed by atoms with Crippen LogP contribution in [0.5, 0.6) is 0 Å². The fourth-order valence-electron chi connectivity index (χ4n) is 11.3. The number of nitrogens with zero attached hydrogens (tertiary/aromatic N) is 2. The molecule has 0 bridgehead atoms. The molecule has 0 amide bonds. The lowest BCUT2D eigenvalue weighted by Crippen LogP contribution is -3.00. The molecule has 0 N–H and O–H groups in total. The summed E-state index contributed by atoms with van der Waals surface area (Å²) in [4.78, 5) is 0. The minimum Gasteiger partial charge on any atom is -1.00 e. The molecule has 512 valence electrons. The van der Waals surface area contributed by atoms with Crippen LogP contribution in [0.25, 0.3) is 0 Å². The molecule has 0 aliphatic carbocycles. The lowest BCUT2D eigenvalue weighted by Gasteiger charge is -2.36. The van der Waals surface area contributed by atoms with Crippen LogP contribution in [-0.4, -0.2) is 120 Å². The molecule has 0 aromatic heterocycles. The van der Waals surface area contributed by atoms with Crippen molar-refractivity contribution in [2.24, 2.45) is 0 Å². The van der Waals surface area contributed by atoms with Gasteiger partial charge < -0.3 is 60.3 Å². The van der Waals surface area contributed by atoms with Crippen LogP contribution in [0.2, 0.25) is 12.1 Å². The van der Waals surface area contributed by atoms with Gasteiger partial charge in [0.2, 0.25) is 0 Å². The van der Waals surface area contributed by atoms with Gasteiger partial charge in [-0.25, -0.2) is 0 Å². The number of hydrogen-bond acceptors (Lipinski definition) is 6. The summed E-state index contributed by atoms with van der Waals surface area (Å²) in [5.74, 6) is 0. The Morgan fingerprint density at radius 1 is 0.202 bits per heavy atom. The van der Waals surface area contributed by atoms with E-state index in [1.165, 1.54) is 249 Å². The van der Waals surface area contributed by atoms with Crippen molar-refractivity contribution in [3.05, 3.63) is 0 Å². The average molecular weight is 1270 g/mol. The minimum absolute atomic E-state index is 0. The lowest BCUT2D eigenvalue weighted by molar-refractivity contribution is -0.910. The Kier molecular flexibility index (Phi) is 75.5. The summed E-state index contributed by atoms with van der Waals surface area (Å²) in [5.41, 5.74) is 0. The predicted octanol–water partition coefficient (Wildman–Crippen LogP) is 17.0. The molecule has 0 saturated carbocycles. The highest BCUT2D eigenvalue weighted by atomic mass is 35.5. The topological polar surface area (TPSA) is 55.4 Å². The molecule has 0 aromatic rings. The molecule has 0 aliphatic rings. The molecular formula is C72H156Cl2N2O6Si2. The normalized spacial score (nSPS) is 12.1. The highest BCUT2D eigenvalue weighted by molar-refractivity contribution is 6.61. The molecule has 0 heterocycles. The second-order valence-corrected chi connectivity index (χ2v) is 32.0. The van der Waals surface area contributed by atoms with Crippen LogP contribution in [0.1, 0.15) is 364 Å². The third-order valence-electron chi connectivity index (χ3n) is 17.3. The van der Waals surface area contributed by atoms with E-state index >= 15 is 0 Å². The second-order valence-electron chi connectivity index (χ2n) is 26.6. The van der Waals surface area contributed by atoms with Gasteiger partial charge in [-0.1, -0.05) is 274 Å². The summed E-state index contributed by atoms with van der Waals surface area (Å²) >= 11 is 0. The SMILES string of the molecule is CCCCCCCCCCCCC[N+](C)(C)CCC[Si](OCCCC)(OCCCC)OCCCC.CCCCCCCCCCCCC[N+](C)(CCCCCCCCCCCCC)CCC[Si](OCCCC)(OCCCC)OCCCC.[Cl-].[Cl-]. The Bertz CT molecular complexity index is 1150. The van der Waals surface area contributed by atoms with Crippen molar-refractivity contribution >= 4 is 17.6 Å². The van der Waals surface area contributed by atoms with Gasteiger partial charge in [-0.2, -0.15) is 0 Å². The predicted molar refractivity (Wildman–Crippen MR) is 368 cm³/mol. The van der Waals surface area contributed by atoms with E-state index in [0.717, 1.165) is 146 Å². The molecule has 0 saturated heterocycles. The Morgan fingerprint density at radius 2 is 0.369 bits per heavy atom. The first kappa shape index (κ1) is 91.1. The van der Waals surface area contributed by atoms with E-state index in [2.05, 4.69) is 83.5 Å². The van der Waals surface area contributed by atoms with Gasteiger partial charge >= 0.3 is 17.6 Å². The van der Waals surface area contributed by atoms with Gasteiger partial charge in [-0.05, 0) is 77.0 Å². The Balaban J connectivity index is -0.000000775. The first-order valence-corrected chi connectivity index (χ1v) is 41.3.